The average molecular weight is 278 g/mol. The number of nitrogens with one attached hydrogen (secondary N) is 1. The van der Waals surface area contributed by atoms with Gasteiger partial charge < -0.3 is 19.9 Å². The Labute approximate surface area is 119 Å². The van der Waals surface area contributed by atoms with Crippen LogP contribution in [0.5, 0.6) is 5.75 Å². The van der Waals surface area contributed by atoms with Crippen molar-refractivity contribution in [3.05, 3.63) is 29.3 Å². The number of rotatable bonds is 6. The third-order valence-electron chi connectivity index (χ3n) is 3.52. The van der Waals surface area contributed by atoms with Crippen LogP contribution in [0.15, 0.2) is 18.2 Å². The van der Waals surface area contributed by atoms with Gasteiger partial charge >= 0.3 is 0 Å². The molecule has 0 spiro atoms. The van der Waals surface area contributed by atoms with E-state index in [9.17, 15) is 0 Å². The third-order valence-corrected chi connectivity index (χ3v) is 3.52. The zero-order valence-electron chi connectivity index (χ0n) is 11.9. The van der Waals surface area contributed by atoms with Gasteiger partial charge in [0.05, 0.1) is 25.9 Å². The maximum Gasteiger partial charge on any atom is 0.129 e. The van der Waals surface area contributed by atoms with Gasteiger partial charge in [0.2, 0.25) is 0 Å². The Bertz CT molecular complexity index is 456. The summed E-state index contributed by atoms with van der Waals surface area (Å²) in [4.78, 5) is 0. The maximum atomic E-state index is 7.56. The van der Waals surface area contributed by atoms with Crippen LogP contribution in [-0.4, -0.2) is 32.8 Å². The molecule has 5 heteroatoms. The van der Waals surface area contributed by atoms with Crippen LogP contribution in [0.1, 0.15) is 24.0 Å². The molecule has 1 saturated heterocycles. The molecular formula is C15H22N2O3. The van der Waals surface area contributed by atoms with E-state index in [1.807, 2.05) is 18.2 Å². The fourth-order valence-corrected chi connectivity index (χ4v) is 2.31. The standard InChI is InChI=1S/C15H22N2O3/c1-18-14-3-2-12(8-13(14)15(16)17)10-20-9-11-4-6-19-7-5-11/h2-3,8,11H,4-7,9-10H2,1H3,(H3,16,17). The van der Waals surface area contributed by atoms with Gasteiger partial charge in [-0.3, -0.25) is 5.41 Å². The Kier molecular flexibility index (Phi) is 5.38. The highest BCUT2D eigenvalue weighted by molar-refractivity contribution is 5.97. The van der Waals surface area contributed by atoms with Crippen LogP contribution in [0, 0.1) is 11.3 Å². The van der Waals surface area contributed by atoms with Crippen LogP contribution in [0.25, 0.3) is 0 Å². The Hall–Kier alpha value is -1.59. The van der Waals surface area contributed by atoms with E-state index >= 15 is 0 Å². The summed E-state index contributed by atoms with van der Waals surface area (Å²) in [6, 6.07) is 5.62. The van der Waals surface area contributed by atoms with Crippen molar-refractivity contribution in [2.24, 2.45) is 11.7 Å². The minimum Gasteiger partial charge on any atom is -0.496 e. The predicted molar refractivity (Wildman–Crippen MR) is 77.2 cm³/mol. The first-order valence-corrected chi connectivity index (χ1v) is 6.87. The molecule has 0 amide bonds. The summed E-state index contributed by atoms with van der Waals surface area (Å²) in [5, 5.41) is 7.56. The molecule has 5 nitrogen and oxygen atoms in total. The number of amidine groups is 1. The Balaban J connectivity index is 1.89. The van der Waals surface area contributed by atoms with Crippen LogP contribution in [-0.2, 0) is 16.1 Å². The number of methoxy groups -OCH3 is 1. The highest BCUT2D eigenvalue weighted by atomic mass is 16.5. The van der Waals surface area contributed by atoms with E-state index in [2.05, 4.69) is 0 Å². The molecule has 0 bridgehead atoms. The molecule has 0 radical (unpaired) electrons. The molecule has 2 rings (SSSR count). The molecule has 20 heavy (non-hydrogen) atoms. The summed E-state index contributed by atoms with van der Waals surface area (Å²) in [6.07, 6.45) is 2.14. The summed E-state index contributed by atoms with van der Waals surface area (Å²) in [7, 11) is 1.57. The minimum absolute atomic E-state index is 0.00753. The van der Waals surface area contributed by atoms with Gasteiger partial charge in [0, 0.05) is 13.2 Å². The summed E-state index contributed by atoms with van der Waals surface area (Å²) in [5.74, 6) is 1.22. The molecule has 0 atom stereocenters. The average Bonchev–Trinajstić information content (AvgIpc) is 2.48. The van der Waals surface area contributed by atoms with Gasteiger partial charge in [-0.25, -0.2) is 0 Å². The van der Waals surface area contributed by atoms with Crippen molar-refractivity contribution in [1.82, 2.24) is 0 Å². The molecule has 0 aliphatic carbocycles. The lowest BCUT2D eigenvalue weighted by Crippen LogP contribution is -2.20. The first-order valence-electron chi connectivity index (χ1n) is 6.87. The van der Waals surface area contributed by atoms with Gasteiger partial charge in [-0.2, -0.15) is 0 Å². The van der Waals surface area contributed by atoms with Gasteiger partial charge in [-0.1, -0.05) is 6.07 Å². The third kappa shape index (κ3) is 3.95. The van der Waals surface area contributed by atoms with Crippen LogP contribution < -0.4 is 10.5 Å². The molecule has 3 N–H and O–H groups in total. The summed E-state index contributed by atoms with van der Waals surface area (Å²) in [6.45, 7) is 2.96. The van der Waals surface area contributed by atoms with Crippen LogP contribution in [0.3, 0.4) is 0 Å². The predicted octanol–water partition coefficient (Wildman–Crippen LogP) is 1.92. The zero-order chi connectivity index (χ0) is 14.4. The topological polar surface area (TPSA) is 77.6 Å². The van der Waals surface area contributed by atoms with Crippen molar-refractivity contribution in [2.75, 3.05) is 26.9 Å². The molecule has 0 unspecified atom stereocenters. The van der Waals surface area contributed by atoms with Crippen molar-refractivity contribution in [3.8, 4) is 5.75 Å². The van der Waals surface area contributed by atoms with E-state index in [-0.39, 0.29) is 5.84 Å². The molecular weight excluding hydrogens is 256 g/mol. The van der Waals surface area contributed by atoms with E-state index in [1.165, 1.54) is 0 Å². The van der Waals surface area contributed by atoms with Crippen LogP contribution >= 0.6 is 0 Å². The van der Waals surface area contributed by atoms with E-state index in [1.54, 1.807) is 7.11 Å². The molecule has 1 aliphatic rings. The highest BCUT2D eigenvalue weighted by Crippen LogP contribution is 2.20. The number of benzene rings is 1. The minimum atomic E-state index is 0.00753. The van der Waals surface area contributed by atoms with Gasteiger partial charge in [0.25, 0.3) is 0 Å². The van der Waals surface area contributed by atoms with Gasteiger partial charge in [-0.15, -0.1) is 0 Å². The molecule has 0 aromatic heterocycles. The lowest BCUT2D eigenvalue weighted by Gasteiger charge is -2.21. The molecule has 1 fully saturated rings. The number of hydrogen-bond acceptors (Lipinski definition) is 4. The fraction of sp³-hybridized carbons (Fsp3) is 0.533. The first kappa shape index (κ1) is 14.8. The van der Waals surface area contributed by atoms with Gasteiger partial charge in [0.1, 0.15) is 11.6 Å². The Morgan fingerprint density at radius 1 is 1.40 bits per heavy atom. The van der Waals surface area contributed by atoms with Crippen molar-refractivity contribution < 1.29 is 14.2 Å². The molecule has 1 aliphatic heterocycles. The van der Waals surface area contributed by atoms with Crippen molar-refractivity contribution in [2.45, 2.75) is 19.4 Å². The van der Waals surface area contributed by atoms with Crippen LogP contribution in [0.4, 0.5) is 0 Å². The van der Waals surface area contributed by atoms with Crippen molar-refractivity contribution >= 4 is 5.84 Å². The Morgan fingerprint density at radius 3 is 2.80 bits per heavy atom. The zero-order valence-corrected chi connectivity index (χ0v) is 11.9. The lowest BCUT2D eigenvalue weighted by molar-refractivity contribution is 0.0157. The molecule has 1 aromatic carbocycles. The van der Waals surface area contributed by atoms with E-state index in [4.69, 9.17) is 25.4 Å². The fourth-order valence-electron chi connectivity index (χ4n) is 2.31. The summed E-state index contributed by atoms with van der Waals surface area (Å²) >= 11 is 0. The number of ether oxygens (including phenoxy) is 3. The summed E-state index contributed by atoms with van der Waals surface area (Å²) in [5.41, 5.74) is 7.17. The monoisotopic (exact) mass is 278 g/mol. The molecule has 0 saturated carbocycles. The van der Waals surface area contributed by atoms with E-state index < -0.39 is 0 Å². The largest absolute Gasteiger partial charge is 0.496 e. The second-order valence-electron chi connectivity index (χ2n) is 5.02. The molecule has 110 valence electrons. The van der Waals surface area contributed by atoms with E-state index in [0.717, 1.165) is 38.2 Å². The van der Waals surface area contributed by atoms with Gasteiger partial charge in [0.15, 0.2) is 0 Å². The number of hydrogen-bond donors (Lipinski definition) is 2. The second-order valence-corrected chi connectivity index (χ2v) is 5.02. The summed E-state index contributed by atoms with van der Waals surface area (Å²) < 4.78 is 16.3. The first-order chi connectivity index (χ1) is 9.70. The maximum absolute atomic E-state index is 7.56. The smallest absolute Gasteiger partial charge is 0.129 e. The number of nitrogen functional groups attached to an aromatic ring is 1. The second kappa shape index (κ2) is 7.26. The highest BCUT2D eigenvalue weighted by Gasteiger charge is 2.14. The van der Waals surface area contributed by atoms with Crippen LogP contribution in [0.2, 0.25) is 0 Å². The molecule has 1 aromatic rings. The lowest BCUT2D eigenvalue weighted by atomic mass is 10.0. The van der Waals surface area contributed by atoms with Crippen molar-refractivity contribution in [3.63, 3.8) is 0 Å². The Morgan fingerprint density at radius 2 is 2.15 bits per heavy atom. The normalized spacial score (nSPS) is 16.1. The SMILES string of the molecule is COc1ccc(COCC2CCOCC2)cc1C(=N)N. The van der Waals surface area contributed by atoms with E-state index in [0.29, 0.717) is 23.8 Å². The molecule has 1 heterocycles. The number of nitrogens with two attached hydrogens (primary N) is 1. The van der Waals surface area contributed by atoms with Gasteiger partial charge in [-0.05, 0) is 36.5 Å². The quantitative estimate of drug-likeness (QED) is 0.615. The van der Waals surface area contributed by atoms with Crippen molar-refractivity contribution in [1.29, 1.82) is 5.41 Å².